The molecule has 0 unspecified atom stereocenters. The van der Waals surface area contributed by atoms with Gasteiger partial charge in [-0.3, -0.25) is 4.90 Å². The molecule has 1 aromatic rings. The van der Waals surface area contributed by atoms with E-state index in [-0.39, 0.29) is 5.41 Å². The fourth-order valence-electron chi connectivity index (χ4n) is 1.78. The highest BCUT2D eigenvalue weighted by atomic mass is 32.1. The maximum atomic E-state index is 4.77. The van der Waals surface area contributed by atoms with Crippen molar-refractivity contribution in [2.45, 2.75) is 46.1 Å². The van der Waals surface area contributed by atoms with Gasteiger partial charge in [0.15, 0.2) is 0 Å². The van der Waals surface area contributed by atoms with E-state index in [2.05, 4.69) is 43.3 Å². The van der Waals surface area contributed by atoms with Crippen LogP contribution in [0.2, 0.25) is 0 Å². The van der Waals surface area contributed by atoms with Crippen molar-refractivity contribution in [1.82, 2.24) is 15.2 Å². The second-order valence-electron chi connectivity index (χ2n) is 5.76. The molecule has 0 bridgehead atoms. The van der Waals surface area contributed by atoms with E-state index in [9.17, 15) is 0 Å². The van der Waals surface area contributed by atoms with E-state index in [1.165, 1.54) is 17.1 Å². The van der Waals surface area contributed by atoms with Crippen LogP contribution in [0.4, 0.5) is 0 Å². The number of hydrogen-bond acceptors (Lipinski definition) is 4. The molecule has 0 fully saturated rings. The standard InChI is InChI=1S/C14H27N3S/c1-6-8-17(9-7-15-5)10-13-16-12(11-18-13)14(2,3)4/h11,15H,6-10H2,1-5H3. The minimum absolute atomic E-state index is 0.162. The first-order valence-corrected chi connectivity index (χ1v) is 7.67. The van der Waals surface area contributed by atoms with Crippen LogP contribution in [0.15, 0.2) is 5.38 Å². The van der Waals surface area contributed by atoms with Gasteiger partial charge in [0.25, 0.3) is 0 Å². The van der Waals surface area contributed by atoms with Gasteiger partial charge >= 0.3 is 0 Å². The molecule has 0 aliphatic carbocycles. The number of hydrogen-bond donors (Lipinski definition) is 1. The van der Waals surface area contributed by atoms with Crippen molar-refractivity contribution in [3.05, 3.63) is 16.1 Å². The van der Waals surface area contributed by atoms with Crippen LogP contribution in [0.5, 0.6) is 0 Å². The summed E-state index contributed by atoms with van der Waals surface area (Å²) in [6, 6.07) is 0. The first-order valence-electron chi connectivity index (χ1n) is 6.79. The molecule has 4 heteroatoms. The molecular formula is C14H27N3S. The quantitative estimate of drug-likeness (QED) is 0.825. The summed E-state index contributed by atoms with van der Waals surface area (Å²) in [7, 11) is 2.01. The Balaban J connectivity index is 2.60. The van der Waals surface area contributed by atoms with Crippen LogP contribution in [0.3, 0.4) is 0 Å². The van der Waals surface area contributed by atoms with Crippen molar-refractivity contribution < 1.29 is 0 Å². The lowest BCUT2D eigenvalue weighted by Gasteiger charge is -2.20. The van der Waals surface area contributed by atoms with Gasteiger partial charge in [-0.2, -0.15) is 0 Å². The normalized spacial score (nSPS) is 12.3. The predicted octanol–water partition coefficient (Wildman–Crippen LogP) is 2.87. The van der Waals surface area contributed by atoms with Crippen LogP contribution in [-0.2, 0) is 12.0 Å². The molecule has 1 aromatic heterocycles. The molecule has 0 radical (unpaired) electrons. The highest BCUT2D eigenvalue weighted by molar-refractivity contribution is 7.09. The van der Waals surface area contributed by atoms with Gasteiger partial charge in [-0.25, -0.2) is 4.98 Å². The summed E-state index contributed by atoms with van der Waals surface area (Å²) >= 11 is 1.79. The van der Waals surface area contributed by atoms with Gasteiger partial charge in [0, 0.05) is 23.9 Å². The summed E-state index contributed by atoms with van der Waals surface area (Å²) in [5.41, 5.74) is 1.38. The minimum atomic E-state index is 0.162. The van der Waals surface area contributed by atoms with Crippen molar-refractivity contribution in [2.75, 3.05) is 26.7 Å². The average Bonchev–Trinajstić information content (AvgIpc) is 2.74. The highest BCUT2D eigenvalue weighted by Gasteiger charge is 2.18. The molecule has 18 heavy (non-hydrogen) atoms. The van der Waals surface area contributed by atoms with E-state index in [0.29, 0.717) is 0 Å². The maximum absolute atomic E-state index is 4.77. The summed E-state index contributed by atoms with van der Waals surface area (Å²) in [5.74, 6) is 0. The lowest BCUT2D eigenvalue weighted by Crippen LogP contribution is -2.31. The van der Waals surface area contributed by atoms with E-state index in [1.54, 1.807) is 11.3 Å². The van der Waals surface area contributed by atoms with E-state index >= 15 is 0 Å². The molecular weight excluding hydrogens is 242 g/mol. The van der Waals surface area contributed by atoms with E-state index in [1.807, 2.05) is 7.05 Å². The molecule has 0 spiro atoms. The third-order valence-electron chi connectivity index (χ3n) is 2.90. The smallest absolute Gasteiger partial charge is 0.107 e. The summed E-state index contributed by atoms with van der Waals surface area (Å²) in [5, 5.41) is 6.66. The highest BCUT2D eigenvalue weighted by Crippen LogP contribution is 2.24. The summed E-state index contributed by atoms with van der Waals surface area (Å²) < 4.78 is 0. The van der Waals surface area contributed by atoms with Gasteiger partial charge in [-0.1, -0.05) is 27.7 Å². The molecule has 3 nitrogen and oxygen atoms in total. The average molecular weight is 269 g/mol. The van der Waals surface area contributed by atoms with Gasteiger partial charge in [-0.05, 0) is 20.0 Å². The van der Waals surface area contributed by atoms with Crippen molar-refractivity contribution in [1.29, 1.82) is 0 Å². The van der Waals surface area contributed by atoms with Crippen LogP contribution < -0.4 is 5.32 Å². The molecule has 0 amide bonds. The second-order valence-corrected chi connectivity index (χ2v) is 6.70. The Kier molecular flexibility index (Phi) is 6.26. The number of rotatable bonds is 7. The van der Waals surface area contributed by atoms with Crippen LogP contribution in [0.1, 0.15) is 44.8 Å². The largest absolute Gasteiger partial charge is 0.318 e. The Morgan fingerprint density at radius 2 is 2.06 bits per heavy atom. The van der Waals surface area contributed by atoms with E-state index < -0.39 is 0 Å². The molecule has 0 aliphatic rings. The molecule has 0 saturated heterocycles. The van der Waals surface area contributed by atoms with Crippen LogP contribution in [-0.4, -0.2) is 36.6 Å². The zero-order valence-corrected chi connectivity index (χ0v) is 13.2. The third kappa shape index (κ3) is 5.04. The van der Waals surface area contributed by atoms with Crippen molar-refractivity contribution >= 4 is 11.3 Å². The van der Waals surface area contributed by atoms with Crippen molar-refractivity contribution in [2.24, 2.45) is 0 Å². The number of aromatic nitrogens is 1. The predicted molar refractivity (Wildman–Crippen MR) is 80.3 cm³/mol. The Morgan fingerprint density at radius 1 is 1.33 bits per heavy atom. The number of likely N-dealkylation sites (N-methyl/N-ethyl adjacent to an activating group) is 1. The van der Waals surface area contributed by atoms with Crippen LogP contribution in [0.25, 0.3) is 0 Å². The Labute approximate surface area is 116 Å². The fraction of sp³-hybridized carbons (Fsp3) is 0.786. The Morgan fingerprint density at radius 3 is 2.56 bits per heavy atom. The molecule has 0 aliphatic heterocycles. The summed E-state index contributed by atoms with van der Waals surface area (Å²) in [6.07, 6.45) is 1.20. The van der Waals surface area contributed by atoms with E-state index in [0.717, 1.165) is 26.2 Å². The zero-order valence-electron chi connectivity index (χ0n) is 12.4. The SMILES string of the molecule is CCCN(CCNC)Cc1nc(C(C)(C)C)cs1. The number of nitrogens with zero attached hydrogens (tertiary/aromatic N) is 2. The monoisotopic (exact) mass is 269 g/mol. The Bertz CT molecular complexity index is 341. The van der Waals surface area contributed by atoms with Gasteiger partial charge in [-0.15, -0.1) is 11.3 Å². The molecule has 104 valence electrons. The van der Waals surface area contributed by atoms with Gasteiger partial charge in [0.2, 0.25) is 0 Å². The lowest BCUT2D eigenvalue weighted by molar-refractivity contribution is 0.267. The van der Waals surface area contributed by atoms with Crippen molar-refractivity contribution in [3.63, 3.8) is 0 Å². The first kappa shape index (κ1) is 15.6. The van der Waals surface area contributed by atoms with Gasteiger partial charge < -0.3 is 5.32 Å². The molecule has 1 heterocycles. The Hall–Kier alpha value is -0.450. The second kappa shape index (κ2) is 7.22. The zero-order chi connectivity index (χ0) is 13.6. The van der Waals surface area contributed by atoms with E-state index in [4.69, 9.17) is 4.98 Å². The number of thiazole rings is 1. The fourth-order valence-corrected chi connectivity index (χ4v) is 2.84. The topological polar surface area (TPSA) is 28.2 Å². The molecule has 0 atom stereocenters. The molecule has 0 saturated carbocycles. The first-order chi connectivity index (χ1) is 8.47. The molecule has 1 rings (SSSR count). The molecule has 0 aromatic carbocycles. The van der Waals surface area contributed by atoms with Crippen LogP contribution >= 0.6 is 11.3 Å². The van der Waals surface area contributed by atoms with Crippen molar-refractivity contribution in [3.8, 4) is 0 Å². The van der Waals surface area contributed by atoms with Gasteiger partial charge in [0.05, 0.1) is 12.2 Å². The lowest BCUT2D eigenvalue weighted by atomic mass is 9.93. The number of nitrogens with one attached hydrogen (secondary N) is 1. The van der Waals surface area contributed by atoms with Gasteiger partial charge in [0.1, 0.15) is 5.01 Å². The minimum Gasteiger partial charge on any atom is -0.318 e. The molecule has 1 N–H and O–H groups in total. The summed E-state index contributed by atoms with van der Waals surface area (Å²) in [4.78, 5) is 7.24. The summed E-state index contributed by atoms with van der Waals surface area (Å²) in [6.45, 7) is 13.1. The third-order valence-corrected chi connectivity index (χ3v) is 3.73. The van der Waals surface area contributed by atoms with Crippen LogP contribution in [0, 0.1) is 0 Å². The maximum Gasteiger partial charge on any atom is 0.107 e.